The molecule has 1 aliphatic heterocycles. The minimum atomic E-state index is -3.54. The number of nitrogens with one attached hydrogen (secondary N) is 2. The molecule has 0 radical (unpaired) electrons. The van der Waals surface area contributed by atoms with Crippen molar-refractivity contribution in [2.45, 2.75) is 31.1 Å². The summed E-state index contributed by atoms with van der Waals surface area (Å²) in [5.41, 5.74) is 1.61. The predicted molar refractivity (Wildman–Crippen MR) is 113 cm³/mol. The lowest BCUT2D eigenvalue weighted by atomic mass is 9.97. The number of anilines is 1. The van der Waals surface area contributed by atoms with Crippen LogP contribution in [-0.4, -0.2) is 49.2 Å². The molecule has 30 heavy (non-hydrogen) atoms. The van der Waals surface area contributed by atoms with Crippen LogP contribution >= 0.6 is 0 Å². The lowest BCUT2D eigenvalue weighted by Gasteiger charge is -2.30. The second-order valence-corrected chi connectivity index (χ2v) is 9.26. The monoisotopic (exact) mass is 430 g/mol. The molecule has 3 rings (SSSR count). The summed E-state index contributed by atoms with van der Waals surface area (Å²) < 4.78 is 26.9. The van der Waals surface area contributed by atoms with Crippen LogP contribution in [0.5, 0.6) is 0 Å². The SMILES string of the molecule is Cc1ccc(S(=O)(=O)N2CCC(C(=O)NCCC(=O)Nc3cccnc3)CC2)cc1. The molecule has 2 aromatic rings. The molecule has 9 heteroatoms. The fraction of sp³-hybridized carbons (Fsp3) is 0.381. The number of aryl methyl sites for hydroxylation is 1. The third kappa shape index (κ3) is 5.64. The Balaban J connectivity index is 1.42. The molecule has 8 nitrogen and oxygen atoms in total. The van der Waals surface area contributed by atoms with E-state index >= 15 is 0 Å². The van der Waals surface area contributed by atoms with Crippen molar-refractivity contribution in [1.82, 2.24) is 14.6 Å². The molecule has 0 unspecified atom stereocenters. The maximum absolute atomic E-state index is 12.7. The van der Waals surface area contributed by atoms with Crippen LogP contribution in [0.2, 0.25) is 0 Å². The standard InChI is InChI=1S/C21H26N4O4S/c1-16-4-6-19(7-5-16)30(28,29)25-13-9-17(10-14-25)21(27)23-12-8-20(26)24-18-3-2-11-22-15-18/h2-7,11,15,17H,8-10,12-14H2,1H3,(H,23,27)(H,24,26). The summed E-state index contributed by atoms with van der Waals surface area (Å²) in [6.07, 6.45) is 4.24. The minimum Gasteiger partial charge on any atom is -0.355 e. The number of pyridine rings is 1. The number of nitrogens with zero attached hydrogens (tertiary/aromatic N) is 2. The van der Waals surface area contributed by atoms with Crippen molar-refractivity contribution in [3.8, 4) is 0 Å². The van der Waals surface area contributed by atoms with Crippen molar-refractivity contribution >= 4 is 27.5 Å². The lowest BCUT2D eigenvalue weighted by molar-refractivity contribution is -0.126. The maximum atomic E-state index is 12.7. The molecule has 1 aromatic heterocycles. The molecule has 1 saturated heterocycles. The Hall–Kier alpha value is -2.78. The second-order valence-electron chi connectivity index (χ2n) is 7.32. The third-order valence-corrected chi connectivity index (χ3v) is 6.99. The van der Waals surface area contributed by atoms with E-state index in [0.29, 0.717) is 31.6 Å². The van der Waals surface area contributed by atoms with E-state index in [-0.39, 0.29) is 35.6 Å². The highest BCUT2D eigenvalue weighted by molar-refractivity contribution is 7.89. The van der Waals surface area contributed by atoms with Gasteiger partial charge in [-0.15, -0.1) is 0 Å². The van der Waals surface area contributed by atoms with E-state index in [4.69, 9.17) is 0 Å². The Morgan fingerprint density at radius 3 is 2.47 bits per heavy atom. The van der Waals surface area contributed by atoms with Gasteiger partial charge in [0.1, 0.15) is 0 Å². The fourth-order valence-corrected chi connectivity index (χ4v) is 4.79. The first-order valence-corrected chi connectivity index (χ1v) is 11.3. The number of carbonyl (C=O) groups is 2. The van der Waals surface area contributed by atoms with Crippen molar-refractivity contribution in [2.75, 3.05) is 25.0 Å². The van der Waals surface area contributed by atoms with Gasteiger partial charge in [0.05, 0.1) is 16.8 Å². The Labute approximate surface area is 176 Å². The lowest BCUT2D eigenvalue weighted by Crippen LogP contribution is -2.43. The minimum absolute atomic E-state index is 0.142. The van der Waals surface area contributed by atoms with Crippen molar-refractivity contribution in [3.05, 3.63) is 54.4 Å². The van der Waals surface area contributed by atoms with Gasteiger partial charge in [-0.25, -0.2) is 8.42 Å². The molecule has 0 aliphatic carbocycles. The van der Waals surface area contributed by atoms with Crippen LogP contribution in [0.25, 0.3) is 0 Å². The van der Waals surface area contributed by atoms with E-state index in [2.05, 4.69) is 15.6 Å². The molecule has 2 heterocycles. The van der Waals surface area contributed by atoms with E-state index in [1.807, 2.05) is 6.92 Å². The zero-order chi connectivity index (χ0) is 21.6. The van der Waals surface area contributed by atoms with Gasteiger partial charge in [0.25, 0.3) is 0 Å². The van der Waals surface area contributed by atoms with Crippen LogP contribution < -0.4 is 10.6 Å². The smallest absolute Gasteiger partial charge is 0.243 e. The molecular formula is C21H26N4O4S. The highest BCUT2D eigenvalue weighted by atomic mass is 32.2. The summed E-state index contributed by atoms with van der Waals surface area (Å²) in [4.78, 5) is 28.5. The number of sulfonamides is 1. The van der Waals surface area contributed by atoms with Crippen LogP contribution in [0.4, 0.5) is 5.69 Å². The topological polar surface area (TPSA) is 108 Å². The Kier molecular flexibility index (Phi) is 7.17. The summed E-state index contributed by atoms with van der Waals surface area (Å²) in [7, 11) is -3.54. The normalized spacial score (nSPS) is 15.5. The first-order valence-electron chi connectivity index (χ1n) is 9.90. The van der Waals surface area contributed by atoms with Gasteiger partial charge in [0.2, 0.25) is 21.8 Å². The van der Waals surface area contributed by atoms with Crippen molar-refractivity contribution in [1.29, 1.82) is 0 Å². The molecule has 0 saturated carbocycles. The molecule has 0 spiro atoms. The van der Waals surface area contributed by atoms with Crippen molar-refractivity contribution in [2.24, 2.45) is 5.92 Å². The fourth-order valence-electron chi connectivity index (χ4n) is 3.32. The molecule has 1 aromatic carbocycles. The van der Waals surface area contributed by atoms with Crippen LogP contribution in [-0.2, 0) is 19.6 Å². The number of rotatable bonds is 7. The number of amides is 2. The van der Waals surface area contributed by atoms with Crippen LogP contribution in [0.3, 0.4) is 0 Å². The van der Waals surface area contributed by atoms with Gasteiger partial charge in [-0.2, -0.15) is 4.31 Å². The van der Waals surface area contributed by atoms with E-state index in [0.717, 1.165) is 5.56 Å². The average Bonchev–Trinajstić information content (AvgIpc) is 2.75. The highest BCUT2D eigenvalue weighted by Gasteiger charge is 2.31. The zero-order valence-corrected chi connectivity index (χ0v) is 17.7. The van der Waals surface area contributed by atoms with E-state index in [1.165, 1.54) is 4.31 Å². The van der Waals surface area contributed by atoms with Gasteiger partial charge >= 0.3 is 0 Å². The Morgan fingerprint density at radius 1 is 1.13 bits per heavy atom. The molecule has 2 amide bonds. The first-order chi connectivity index (χ1) is 14.4. The summed E-state index contributed by atoms with van der Waals surface area (Å²) in [6.45, 7) is 2.74. The summed E-state index contributed by atoms with van der Waals surface area (Å²) in [6, 6.07) is 10.2. The van der Waals surface area contributed by atoms with Crippen LogP contribution in [0.15, 0.2) is 53.7 Å². The van der Waals surface area contributed by atoms with E-state index in [1.54, 1.807) is 48.8 Å². The second kappa shape index (κ2) is 9.82. The van der Waals surface area contributed by atoms with Crippen molar-refractivity contribution in [3.63, 3.8) is 0 Å². The van der Waals surface area contributed by atoms with E-state index < -0.39 is 10.0 Å². The number of hydrogen-bond acceptors (Lipinski definition) is 5. The van der Waals surface area contributed by atoms with Gasteiger partial charge in [-0.1, -0.05) is 17.7 Å². The summed E-state index contributed by atoms with van der Waals surface area (Å²) in [5, 5.41) is 5.49. The molecular weight excluding hydrogens is 404 g/mol. The Bertz CT molecular complexity index is 970. The highest BCUT2D eigenvalue weighted by Crippen LogP contribution is 2.24. The van der Waals surface area contributed by atoms with Crippen LogP contribution in [0.1, 0.15) is 24.8 Å². The van der Waals surface area contributed by atoms with Gasteiger partial charge in [-0.3, -0.25) is 14.6 Å². The molecule has 1 fully saturated rings. The quantitative estimate of drug-likeness (QED) is 0.698. The number of aromatic nitrogens is 1. The first kappa shape index (κ1) is 21.9. The van der Waals surface area contributed by atoms with Gasteiger partial charge in [0.15, 0.2) is 0 Å². The Morgan fingerprint density at radius 2 is 1.83 bits per heavy atom. The average molecular weight is 431 g/mol. The van der Waals surface area contributed by atoms with Gasteiger partial charge in [0, 0.05) is 38.2 Å². The molecule has 0 bridgehead atoms. The summed E-state index contributed by atoms with van der Waals surface area (Å²) >= 11 is 0. The molecule has 2 N–H and O–H groups in total. The maximum Gasteiger partial charge on any atom is 0.243 e. The number of piperidine rings is 1. The number of benzene rings is 1. The van der Waals surface area contributed by atoms with Gasteiger partial charge < -0.3 is 10.6 Å². The molecule has 1 aliphatic rings. The molecule has 0 atom stereocenters. The number of hydrogen-bond donors (Lipinski definition) is 2. The summed E-state index contributed by atoms with van der Waals surface area (Å²) in [5.74, 6) is -0.602. The predicted octanol–water partition coefficient (Wildman–Crippen LogP) is 1.94. The molecule has 160 valence electrons. The van der Waals surface area contributed by atoms with Crippen molar-refractivity contribution < 1.29 is 18.0 Å². The van der Waals surface area contributed by atoms with Crippen LogP contribution in [0, 0.1) is 12.8 Å². The van der Waals surface area contributed by atoms with Gasteiger partial charge in [-0.05, 0) is 44.0 Å². The zero-order valence-electron chi connectivity index (χ0n) is 16.9. The van der Waals surface area contributed by atoms with E-state index in [9.17, 15) is 18.0 Å². The largest absolute Gasteiger partial charge is 0.355 e. The third-order valence-electron chi connectivity index (χ3n) is 5.08. The number of carbonyl (C=O) groups excluding carboxylic acids is 2.